The van der Waals surface area contributed by atoms with Crippen molar-refractivity contribution in [3.8, 4) is 11.4 Å². The monoisotopic (exact) mass is 398 g/mol. The van der Waals surface area contributed by atoms with Crippen LogP contribution in [0.1, 0.15) is 31.5 Å². The number of carbonyl (C=O) groups excluding carboxylic acids is 1. The zero-order chi connectivity index (χ0) is 21.0. The zero-order valence-corrected chi connectivity index (χ0v) is 17.7. The molecule has 3 rings (SSSR count). The molecule has 1 fully saturated rings. The second-order valence-electron chi connectivity index (χ2n) is 7.67. The van der Waals surface area contributed by atoms with E-state index in [-0.39, 0.29) is 17.5 Å². The lowest BCUT2D eigenvalue weighted by atomic mass is 10.2. The van der Waals surface area contributed by atoms with E-state index >= 15 is 0 Å². The SMILES string of the molecule is CCC(C)NC(=O)CN1CCN(c2ccc(-c3nc(C)c(C)c(=O)[nH]3)cn2)CC1. The molecule has 29 heavy (non-hydrogen) atoms. The zero-order valence-electron chi connectivity index (χ0n) is 17.7. The fraction of sp³-hybridized carbons (Fsp3) is 0.524. The number of aromatic nitrogens is 3. The number of H-pyrrole nitrogens is 1. The van der Waals surface area contributed by atoms with Crippen LogP contribution in [-0.2, 0) is 4.79 Å². The summed E-state index contributed by atoms with van der Waals surface area (Å²) in [7, 11) is 0. The van der Waals surface area contributed by atoms with Gasteiger partial charge in [0.25, 0.3) is 5.56 Å². The van der Waals surface area contributed by atoms with Crippen molar-refractivity contribution >= 4 is 11.7 Å². The molecule has 0 radical (unpaired) electrons. The van der Waals surface area contributed by atoms with Gasteiger partial charge in [0.15, 0.2) is 0 Å². The number of amides is 1. The molecule has 0 aliphatic carbocycles. The van der Waals surface area contributed by atoms with E-state index in [0.29, 0.717) is 17.9 Å². The van der Waals surface area contributed by atoms with E-state index < -0.39 is 0 Å². The highest BCUT2D eigenvalue weighted by Crippen LogP contribution is 2.19. The van der Waals surface area contributed by atoms with Crippen LogP contribution in [0.4, 0.5) is 5.82 Å². The maximum atomic E-state index is 12.1. The second kappa shape index (κ2) is 9.17. The van der Waals surface area contributed by atoms with Gasteiger partial charge in [-0.3, -0.25) is 14.5 Å². The smallest absolute Gasteiger partial charge is 0.254 e. The first-order valence-corrected chi connectivity index (χ1v) is 10.2. The highest BCUT2D eigenvalue weighted by atomic mass is 16.2. The summed E-state index contributed by atoms with van der Waals surface area (Å²) in [4.78, 5) is 40.2. The van der Waals surface area contributed by atoms with Gasteiger partial charge in [-0.15, -0.1) is 0 Å². The van der Waals surface area contributed by atoms with Crippen molar-refractivity contribution in [1.82, 2.24) is 25.2 Å². The topological polar surface area (TPSA) is 94.2 Å². The summed E-state index contributed by atoms with van der Waals surface area (Å²) in [6.07, 6.45) is 2.68. The number of rotatable bonds is 6. The quantitative estimate of drug-likeness (QED) is 0.766. The Labute approximate surface area is 171 Å². The van der Waals surface area contributed by atoms with Gasteiger partial charge in [0.2, 0.25) is 5.91 Å². The molecular formula is C21H30N6O2. The minimum atomic E-state index is -0.120. The van der Waals surface area contributed by atoms with Gasteiger partial charge in [0.05, 0.1) is 6.54 Å². The van der Waals surface area contributed by atoms with Crippen LogP contribution >= 0.6 is 0 Å². The number of pyridine rings is 1. The first-order valence-electron chi connectivity index (χ1n) is 10.2. The summed E-state index contributed by atoms with van der Waals surface area (Å²) < 4.78 is 0. The summed E-state index contributed by atoms with van der Waals surface area (Å²) in [6.45, 7) is 11.4. The van der Waals surface area contributed by atoms with Gasteiger partial charge in [-0.1, -0.05) is 6.92 Å². The Balaban J connectivity index is 1.58. The fourth-order valence-corrected chi connectivity index (χ4v) is 3.26. The maximum absolute atomic E-state index is 12.1. The number of hydrogen-bond donors (Lipinski definition) is 2. The molecule has 1 unspecified atom stereocenters. The lowest BCUT2D eigenvalue weighted by Crippen LogP contribution is -2.50. The van der Waals surface area contributed by atoms with Gasteiger partial charge in [-0.2, -0.15) is 0 Å². The standard InChI is InChI=1S/C21H30N6O2/c1-5-14(2)23-19(28)13-26-8-10-27(11-9-26)18-7-6-17(12-22-18)20-24-16(4)15(3)21(29)25-20/h6-7,12,14H,5,8-11,13H2,1-4H3,(H,23,28)(H,24,25,29). The molecule has 8 nitrogen and oxygen atoms in total. The Morgan fingerprint density at radius 3 is 2.55 bits per heavy atom. The highest BCUT2D eigenvalue weighted by molar-refractivity contribution is 5.78. The van der Waals surface area contributed by atoms with Crippen molar-refractivity contribution in [2.75, 3.05) is 37.6 Å². The van der Waals surface area contributed by atoms with E-state index in [4.69, 9.17) is 0 Å². The molecule has 0 aromatic carbocycles. The molecule has 2 aromatic rings. The molecule has 1 saturated heterocycles. The largest absolute Gasteiger partial charge is 0.354 e. The number of nitrogens with zero attached hydrogens (tertiary/aromatic N) is 4. The Morgan fingerprint density at radius 1 is 1.24 bits per heavy atom. The molecule has 0 saturated carbocycles. The molecule has 156 valence electrons. The van der Waals surface area contributed by atoms with Crippen LogP contribution in [-0.4, -0.2) is 64.5 Å². The van der Waals surface area contributed by atoms with Gasteiger partial charge in [0.1, 0.15) is 11.6 Å². The van der Waals surface area contributed by atoms with Crippen LogP contribution in [0.5, 0.6) is 0 Å². The van der Waals surface area contributed by atoms with E-state index in [1.54, 1.807) is 13.1 Å². The number of aromatic amines is 1. The van der Waals surface area contributed by atoms with E-state index in [1.165, 1.54) is 0 Å². The van der Waals surface area contributed by atoms with E-state index in [0.717, 1.165) is 49.7 Å². The molecule has 8 heteroatoms. The van der Waals surface area contributed by atoms with Crippen molar-refractivity contribution in [2.45, 2.75) is 40.2 Å². The number of carbonyl (C=O) groups is 1. The number of nitrogens with one attached hydrogen (secondary N) is 2. The van der Waals surface area contributed by atoms with Crippen molar-refractivity contribution in [3.63, 3.8) is 0 Å². The van der Waals surface area contributed by atoms with Crippen LogP contribution in [0.3, 0.4) is 0 Å². The fourth-order valence-electron chi connectivity index (χ4n) is 3.26. The van der Waals surface area contributed by atoms with Gasteiger partial charge in [-0.25, -0.2) is 9.97 Å². The van der Waals surface area contributed by atoms with Crippen molar-refractivity contribution in [3.05, 3.63) is 39.9 Å². The number of anilines is 1. The normalized spacial score (nSPS) is 15.9. The summed E-state index contributed by atoms with van der Waals surface area (Å²) in [6, 6.07) is 4.10. The average Bonchev–Trinajstić information content (AvgIpc) is 2.72. The van der Waals surface area contributed by atoms with Crippen molar-refractivity contribution in [1.29, 1.82) is 0 Å². The van der Waals surface area contributed by atoms with Crippen LogP contribution < -0.4 is 15.8 Å². The first kappa shape index (κ1) is 21.0. The molecule has 1 atom stereocenters. The van der Waals surface area contributed by atoms with E-state index in [2.05, 4.69) is 37.0 Å². The molecule has 1 aliphatic rings. The minimum Gasteiger partial charge on any atom is -0.354 e. The van der Waals surface area contributed by atoms with Crippen molar-refractivity contribution in [2.24, 2.45) is 0 Å². The predicted molar refractivity (Wildman–Crippen MR) is 114 cm³/mol. The van der Waals surface area contributed by atoms with Crippen LogP contribution in [0.15, 0.2) is 23.1 Å². The molecular weight excluding hydrogens is 368 g/mol. The molecule has 1 amide bonds. The summed E-state index contributed by atoms with van der Waals surface area (Å²) in [5.74, 6) is 1.52. The van der Waals surface area contributed by atoms with Crippen LogP contribution in [0.2, 0.25) is 0 Å². The number of piperazine rings is 1. The lowest BCUT2D eigenvalue weighted by Gasteiger charge is -2.35. The van der Waals surface area contributed by atoms with Crippen LogP contribution in [0, 0.1) is 13.8 Å². The molecule has 0 spiro atoms. The number of aryl methyl sites for hydroxylation is 1. The molecule has 3 heterocycles. The Hall–Kier alpha value is -2.74. The summed E-state index contributed by atoms with van der Waals surface area (Å²) in [5, 5.41) is 3.02. The minimum absolute atomic E-state index is 0.0881. The first-order chi connectivity index (χ1) is 13.9. The average molecular weight is 399 g/mol. The van der Waals surface area contributed by atoms with E-state index in [1.807, 2.05) is 26.0 Å². The summed E-state index contributed by atoms with van der Waals surface area (Å²) in [5.41, 5.74) is 2.02. The Bertz CT molecular complexity index is 900. The van der Waals surface area contributed by atoms with Gasteiger partial charge in [-0.05, 0) is 39.3 Å². The molecule has 0 bridgehead atoms. The maximum Gasteiger partial charge on any atom is 0.254 e. The summed E-state index contributed by atoms with van der Waals surface area (Å²) >= 11 is 0. The molecule has 2 aromatic heterocycles. The van der Waals surface area contributed by atoms with Crippen molar-refractivity contribution < 1.29 is 4.79 Å². The lowest BCUT2D eigenvalue weighted by molar-refractivity contribution is -0.122. The highest BCUT2D eigenvalue weighted by Gasteiger charge is 2.20. The Morgan fingerprint density at radius 2 is 1.97 bits per heavy atom. The third-order valence-corrected chi connectivity index (χ3v) is 5.50. The van der Waals surface area contributed by atoms with Gasteiger partial charge >= 0.3 is 0 Å². The van der Waals surface area contributed by atoms with E-state index in [9.17, 15) is 9.59 Å². The van der Waals surface area contributed by atoms with Gasteiger partial charge in [0, 0.05) is 55.2 Å². The van der Waals surface area contributed by atoms with Crippen LogP contribution in [0.25, 0.3) is 11.4 Å². The number of hydrogen-bond acceptors (Lipinski definition) is 6. The predicted octanol–water partition coefficient (Wildman–Crippen LogP) is 1.49. The molecule has 1 aliphatic heterocycles. The third kappa shape index (κ3) is 5.20. The second-order valence-corrected chi connectivity index (χ2v) is 7.67. The molecule has 2 N–H and O–H groups in total. The van der Waals surface area contributed by atoms with Gasteiger partial charge < -0.3 is 15.2 Å². The Kier molecular flexibility index (Phi) is 6.64. The third-order valence-electron chi connectivity index (χ3n) is 5.50.